The minimum absolute atomic E-state index is 0.113. The topological polar surface area (TPSA) is 74.5 Å². The van der Waals surface area contributed by atoms with Gasteiger partial charge in [0.05, 0.1) is 19.3 Å². The molecule has 0 bridgehead atoms. The molecule has 1 aromatic rings. The number of aromatic nitrogens is 1. The number of hydrogen-bond acceptors (Lipinski definition) is 4. The van der Waals surface area contributed by atoms with Crippen molar-refractivity contribution in [3.63, 3.8) is 0 Å². The van der Waals surface area contributed by atoms with E-state index in [9.17, 15) is 9.90 Å². The minimum Gasteiger partial charge on any atom is -0.394 e. The summed E-state index contributed by atoms with van der Waals surface area (Å²) in [6.07, 6.45) is 2.05. The maximum absolute atomic E-state index is 11.9. The highest BCUT2D eigenvalue weighted by molar-refractivity contribution is 5.27. The zero-order chi connectivity index (χ0) is 13.1. The predicted octanol–water partition coefficient (Wildman–Crippen LogP) is -0.202. The zero-order valence-corrected chi connectivity index (χ0v) is 10.6. The van der Waals surface area contributed by atoms with E-state index in [4.69, 9.17) is 5.11 Å². The normalized spacial score (nSPS) is 20.5. The lowest BCUT2D eigenvalue weighted by molar-refractivity contribution is 0.0794. The summed E-state index contributed by atoms with van der Waals surface area (Å²) in [5.41, 5.74) is 2.01. The third-order valence-electron chi connectivity index (χ3n) is 3.56. The molecule has 0 spiro atoms. The van der Waals surface area contributed by atoms with E-state index in [2.05, 4.69) is 5.32 Å². The lowest BCUT2D eigenvalue weighted by atomic mass is 9.91. The van der Waals surface area contributed by atoms with Gasteiger partial charge in [-0.3, -0.25) is 4.79 Å². The summed E-state index contributed by atoms with van der Waals surface area (Å²) in [5.74, 6) is 0. The SMILES string of the molecule is CNC1CCCc2c1ccc(=O)n2CC(O)CO. The van der Waals surface area contributed by atoms with Crippen molar-refractivity contribution in [2.45, 2.75) is 38.0 Å². The van der Waals surface area contributed by atoms with Crippen LogP contribution in [0.25, 0.3) is 0 Å². The molecular weight excluding hydrogens is 232 g/mol. The Labute approximate surface area is 106 Å². The van der Waals surface area contributed by atoms with Gasteiger partial charge in [-0.2, -0.15) is 0 Å². The van der Waals surface area contributed by atoms with Gasteiger partial charge in [0.1, 0.15) is 0 Å². The molecule has 0 aliphatic heterocycles. The van der Waals surface area contributed by atoms with E-state index in [1.807, 2.05) is 13.1 Å². The number of nitrogens with zero attached hydrogens (tertiary/aromatic N) is 1. The number of nitrogens with one attached hydrogen (secondary N) is 1. The number of aliphatic hydroxyl groups is 2. The molecule has 3 N–H and O–H groups in total. The smallest absolute Gasteiger partial charge is 0.250 e. The predicted molar refractivity (Wildman–Crippen MR) is 68.5 cm³/mol. The van der Waals surface area contributed by atoms with Crippen LogP contribution >= 0.6 is 0 Å². The Hall–Kier alpha value is -1.17. The molecule has 2 rings (SSSR count). The lowest BCUT2D eigenvalue weighted by Gasteiger charge is -2.28. The standard InChI is InChI=1S/C13H20N2O3/c1-14-11-3-2-4-12-10(11)5-6-13(18)15(12)7-9(17)8-16/h5-6,9,11,14,16-17H,2-4,7-8H2,1H3. The van der Waals surface area contributed by atoms with E-state index >= 15 is 0 Å². The molecule has 18 heavy (non-hydrogen) atoms. The summed E-state index contributed by atoms with van der Waals surface area (Å²) in [6.45, 7) is -0.166. The van der Waals surface area contributed by atoms with Crippen molar-refractivity contribution in [3.8, 4) is 0 Å². The molecule has 2 atom stereocenters. The average Bonchev–Trinajstić information content (AvgIpc) is 2.40. The van der Waals surface area contributed by atoms with Crippen molar-refractivity contribution in [1.82, 2.24) is 9.88 Å². The summed E-state index contributed by atoms with van der Waals surface area (Å²) in [6, 6.07) is 3.69. The number of rotatable bonds is 4. The summed E-state index contributed by atoms with van der Waals surface area (Å²) in [4.78, 5) is 11.9. The molecule has 1 aliphatic carbocycles. The Morgan fingerprint density at radius 1 is 1.56 bits per heavy atom. The van der Waals surface area contributed by atoms with Crippen LogP contribution < -0.4 is 10.9 Å². The molecule has 2 unspecified atom stereocenters. The van der Waals surface area contributed by atoms with Crippen LogP contribution in [0.3, 0.4) is 0 Å². The van der Waals surface area contributed by atoms with E-state index < -0.39 is 6.10 Å². The first-order chi connectivity index (χ1) is 8.67. The van der Waals surface area contributed by atoms with Crippen LogP contribution in [0.15, 0.2) is 16.9 Å². The molecule has 1 heterocycles. The Morgan fingerprint density at radius 2 is 2.33 bits per heavy atom. The largest absolute Gasteiger partial charge is 0.394 e. The van der Waals surface area contributed by atoms with Crippen LogP contribution in [-0.2, 0) is 13.0 Å². The second-order valence-electron chi connectivity index (χ2n) is 4.75. The van der Waals surface area contributed by atoms with Crippen molar-refractivity contribution >= 4 is 0 Å². The Bertz CT molecular complexity index is 470. The summed E-state index contributed by atoms with van der Waals surface area (Å²) in [5, 5.41) is 21.7. The van der Waals surface area contributed by atoms with Crippen molar-refractivity contribution < 1.29 is 10.2 Å². The fraction of sp³-hybridized carbons (Fsp3) is 0.615. The Morgan fingerprint density at radius 3 is 3.00 bits per heavy atom. The van der Waals surface area contributed by atoms with Crippen molar-refractivity contribution in [3.05, 3.63) is 33.7 Å². The van der Waals surface area contributed by atoms with E-state index in [1.165, 1.54) is 0 Å². The molecule has 0 fully saturated rings. The molecule has 5 nitrogen and oxygen atoms in total. The van der Waals surface area contributed by atoms with Crippen molar-refractivity contribution in [1.29, 1.82) is 0 Å². The van der Waals surface area contributed by atoms with E-state index in [0.29, 0.717) is 0 Å². The monoisotopic (exact) mass is 252 g/mol. The second-order valence-corrected chi connectivity index (χ2v) is 4.75. The van der Waals surface area contributed by atoms with Crippen LogP contribution in [0.2, 0.25) is 0 Å². The highest BCUT2D eigenvalue weighted by Crippen LogP contribution is 2.28. The lowest BCUT2D eigenvalue weighted by Crippen LogP contribution is -2.34. The van der Waals surface area contributed by atoms with E-state index in [1.54, 1.807) is 10.6 Å². The molecule has 0 aromatic carbocycles. The Kier molecular flexibility index (Phi) is 4.16. The second kappa shape index (κ2) is 5.65. The fourth-order valence-corrected chi connectivity index (χ4v) is 2.63. The van der Waals surface area contributed by atoms with Crippen LogP contribution in [-0.4, -0.2) is 34.5 Å². The van der Waals surface area contributed by atoms with Gasteiger partial charge in [-0.1, -0.05) is 6.07 Å². The highest BCUT2D eigenvalue weighted by atomic mass is 16.3. The fourth-order valence-electron chi connectivity index (χ4n) is 2.63. The van der Waals surface area contributed by atoms with Gasteiger partial charge in [-0.25, -0.2) is 0 Å². The summed E-state index contributed by atoms with van der Waals surface area (Å²) < 4.78 is 1.60. The first kappa shape index (κ1) is 13.3. The number of fused-ring (bicyclic) bond motifs is 1. The molecule has 0 amide bonds. The first-order valence-corrected chi connectivity index (χ1v) is 6.36. The zero-order valence-electron chi connectivity index (χ0n) is 10.6. The highest BCUT2D eigenvalue weighted by Gasteiger charge is 2.22. The summed E-state index contributed by atoms with van der Waals surface area (Å²) in [7, 11) is 1.91. The minimum atomic E-state index is -0.885. The van der Waals surface area contributed by atoms with Crippen molar-refractivity contribution in [2.24, 2.45) is 0 Å². The average molecular weight is 252 g/mol. The van der Waals surface area contributed by atoms with Crippen LogP contribution in [0.5, 0.6) is 0 Å². The number of hydrogen-bond donors (Lipinski definition) is 3. The molecule has 5 heteroatoms. The maximum atomic E-state index is 11.9. The quantitative estimate of drug-likeness (QED) is 0.693. The van der Waals surface area contributed by atoms with Gasteiger partial charge in [0.25, 0.3) is 5.56 Å². The van der Waals surface area contributed by atoms with Gasteiger partial charge in [-0.05, 0) is 31.9 Å². The van der Waals surface area contributed by atoms with E-state index in [-0.39, 0.29) is 24.8 Å². The molecular formula is C13H20N2O3. The van der Waals surface area contributed by atoms with Crippen LogP contribution in [0.1, 0.15) is 30.1 Å². The van der Waals surface area contributed by atoms with Crippen LogP contribution in [0.4, 0.5) is 0 Å². The number of pyridine rings is 1. The Balaban J connectivity index is 2.42. The molecule has 1 aliphatic rings. The summed E-state index contributed by atoms with van der Waals surface area (Å²) >= 11 is 0. The molecule has 1 aromatic heterocycles. The first-order valence-electron chi connectivity index (χ1n) is 6.36. The number of aliphatic hydroxyl groups excluding tert-OH is 2. The van der Waals surface area contributed by atoms with Gasteiger partial charge in [-0.15, -0.1) is 0 Å². The van der Waals surface area contributed by atoms with Crippen LogP contribution in [0, 0.1) is 0 Å². The van der Waals surface area contributed by atoms with Gasteiger partial charge in [0, 0.05) is 17.8 Å². The molecule has 0 saturated carbocycles. The molecule has 100 valence electrons. The molecule has 0 saturated heterocycles. The van der Waals surface area contributed by atoms with Crippen molar-refractivity contribution in [2.75, 3.05) is 13.7 Å². The van der Waals surface area contributed by atoms with Gasteiger partial charge in [0.15, 0.2) is 0 Å². The third-order valence-corrected chi connectivity index (χ3v) is 3.56. The van der Waals surface area contributed by atoms with Gasteiger partial charge >= 0.3 is 0 Å². The molecule has 0 radical (unpaired) electrons. The van der Waals surface area contributed by atoms with Gasteiger partial charge in [0.2, 0.25) is 0 Å². The van der Waals surface area contributed by atoms with Gasteiger partial charge < -0.3 is 20.1 Å². The maximum Gasteiger partial charge on any atom is 0.250 e. The third kappa shape index (κ3) is 2.48. The van der Waals surface area contributed by atoms with E-state index in [0.717, 1.165) is 30.5 Å².